The van der Waals surface area contributed by atoms with E-state index in [0.29, 0.717) is 19.6 Å². The maximum Gasteiger partial charge on any atom is 0.221 e. The van der Waals surface area contributed by atoms with Crippen LogP contribution in [0.2, 0.25) is 0 Å². The summed E-state index contributed by atoms with van der Waals surface area (Å²) in [7, 11) is 0. The van der Waals surface area contributed by atoms with Crippen molar-refractivity contribution in [3.05, 3.63) is 59.7 Å². The largest absolute Gasteiger partial charge is 0.490 e. The van der Waals surface area contributed by atoms with Gasteiger partial charge in [0.1, 0.15) is 6.17 Å². The molecule has 1 aliphatic heterocycles. The van der Waals surface area contributed by atoms with Crippen LogP contribution in [0.25, 0.3) is 0 Å². The predicted octanol–water partition coefficient (Wildman–Crippen LogP) is 3.70. The summed E-state index contributed by atoms with van der Waals surface area (Å²) in [6.07, 6.45) is 0.236. The summed E-state index contributed by atoms with van der Waals surface area (Å²) in [5.41, 5.74) is 8.76. The Hall–Kier alpha value is -2.57. The molecular weight excluding hydrogens is 378 g/mol. The minimum Gasteiger partial charge on any atom is -0.490 e. The maximum absolute atomic E-state index is 12.8. The van der Waals surface area contributed by atoms with Crippen LogP contribution in [0.4, 0.5) is 0 Å². The normalized spacial score (nSPS) is 21.8. The molecule has 3 N–H and O–H groups in total. The van der Waals surface area contributed by atoms with Crippen molar-refractivity contribution >= 4 is 5.91 Å². The van der Waals surface area contributed by atoms with Gasteiger partial charge in [0.25, 0.3) is 0 Å². The van der Waals surface area contributed by atoms with Crippen molar-refractivity contribution in [2.24, 2.45) is 0 Å². The third-order valence-electron chi connectivity index (χ3n) is 5.49. The molecule has 0 radical (unpaired) electrons. The molecule has 0 bridgehead atoms. The standard InChI is InChI=1S/C24H33N3O3/c1-5-29-20-13-12-19(15-21(20)30-6-2)23-17(4)26-27-24(23)25-22(28)14-16(3)18-10-8-7-9-11-18/h7-13,15-17,23-24,26-27H,5-6,14H2,1-4H3,(H,25,28). The molecule has 2 aromatic rings. The van der Waals surface area contributed by atoms with Gasteiger partial charge in [-0.1, -0.05) is 43.3 Å². The van der Waals surface area contributed by atoms with Crippen LogP contribution < -0.4 is 25.6 Å². The summed E-state index contributed by atoms with van der Waals surface area (Å²) in [6, 6.07) is 16.3. The Labute approximate surface area is 179 Å². The zero-order valence-electron chi connectivity index (χ0n) is 18.3. The van der Waals surface area contributed by atoms with E-state index < -0.39 is 0 Å². The lowest BCUT2D eigenvalue weighted by atomic mass is 9.90. The van der Waals surface area contributed by atoms with Gasteiger partial charge in [0.15, 0.2) is 11.5 Å². The highest BCUT2D eigenvalue weighted by Gasteiger charge is 2.36. The average molecular weight is 412 g/mol. The number of ether oxygens (including phenoxy) is 2. The van der Waals surface area contributed by atoms with Gasteiger partial charge in [-0.3, -0.25) is 10.2 Å². The van der Waals surface area contributed by atoms with Crippen molar-refractivity contribution in [1.29, 1.82) is 0 Å². The summed E-state index contributed by atoms with van der Waals surface area (Å²) in [5, 5.41) is 3.17. The molecule has 4 atom stereocenters. The Kier molecular flexibility index (Phi) is 7.71. The lowest BCUT2D eigenvalue weighted by Gasteiger charge is -2.24. The molecule has 162 valence electrons. The summed E-state index contributed by atoms with van der Waals surface area (Å²) in [6.45, 7) is 9.25. The molecular formula is C24H33N3O3. The fourth-order valence-electron chi connectivity index (χ4n) is 3.98. The molecule has 2 aromatic carbocycles. The topological polar surface area (TPSA) is 71.6 Å². The van der Waals surface area contributed by atoms with Crippen LogP contribution in [-0.2, 0) is 4.79 Å². The third-order valence-corrected chi connectivity index (χ3v) is 5.49. The zero-order valence-corrected chi connectivity index (χ0v) is 18.3. The molecule has 1 amide bonds. The molecule has 0 aliphatic carbocycles. The van der Waals surface area contributed by atoms with Crippen LogP contribution in [0.1, 0.15) is 57.1 Å². The first-order chi connectivity index (χ1) is 14.5. The van der Waals surface area contributed by atoms with Gasteiger partial charge in [-0.05, 0) is 49.9 Å². The van der Waals surface area contributed by atoms with Crippen LogP contribution in [0.3, 0.4) is 0 Å². The molecule has 0 spiro atoms. The van der Waals surface area contributed by atoms with E-state index in [1.807, 2.05) is 44.2 Å². The van der Waals surface area contributed by atoms with Crippen molar-refractivity contribution in [3.63, 3.8) is 0 Å². The van der Waals surface area contributed by atoms with E-state index in [4.69, 9.17) is 9.47 Å². The molecule has 0 aromatic heterocycles. The number of hydrogen-bond donors (Lipinski definition) is 3. The van der Waals surface area contributed by atoms with Gasteiger partial charge in [0, 0.05) is 18.4 Å². The second-order valence-electron chi connectivity index (χ2n) is 7.74. The molecule has 6 nitrogen and oxygen atoms in total. The first-order valence-corrected chi connectivity index (χ1v) is 10.8. The number of hydrogen-bond acceptors (Lipinski definition) is 5. The number of hydrazine groups is 1. The highest BCUT2D eigenvalue weighted by Crippen LogP contribution is 2.34. The van der Waals surface area contributed by atoms with Gasteiger partial charge in [-0.15, -0.1) is 0 Å². The third kappa shape index (κ3) is 5.32. The molecule has 1 fully saturated rings. The number of carbonyl (C=O) groups excluding carboxylic acids is 1. The number of amides is 1. The van der Waals surface area contributed by atoms with Gasteiger partial charge >= 0.3 is 0 Å². The molecule has 1 aliphatic rings. The van der Waals surface area contributed by atoms with Crippen LogP contribution in [0.5, 0.6) is 11.5 Å². The van der Waals surface area contributed by atoms with E-state index in [0.717, 1.165) is 17.1 Å². The zero-order chi connectivity index (χ0) is 21.5. The highest BCUT2D eigenvalue weighted by molar-refractivity contribution is 5.77. The monoisotopic (exact) mass is 411 g/mol. The lowest BCUT2D eigenvalue weighted by molar-refractivity contribution is -0.122. The summed E-state index contributed by atoms with van der Waals surface area (Å²) >= 11 is 0. The fourth-order valence-corrected chi connectivity index (χ4v) is 3.98. The maximum atomic E-state index is 12.8. The first kappa shape index (κ1) is 22.1. The van der Waals surface area contributed by atoms with Crippen molar-refractivity contribution < 1.29 is 14.3 Å². The van der Waals surface area contributed by atoms with Crippen LogP contribution in [0, 0.1) is 0 Å². The van der Waals surface area contributed by atoms with Crippen LogP contribution >= 0.6 is 0 Å². The molecule has 30 heavy (non-hydrogen) atoms. The second kappa shape index (κ2) is 10.5. The Morgan fingerprint density at radius 3 is 2.43 bits per heavy atom. The number of nitrogens with one attached hydrogen (secondary N) is 3. The summed E-state index contributed by atoms with van der Waals surface area (Å²) in [4.78, 5) is 12.8. The van der Waals surface area contributed by atoms with E-state index >= 15 is 0 Å². The predicted molar refractivity (Wildman–Crippen MR) is 119 cm³/mol. The quantitative estimate of drug-likeness (QED) is 0.587. The van der Waals surface area contributed by atoms with Gasteiger partial charge in [0.05, 0.1) is 13.2 Å². The van der Waals surface area contributed by atoms with Gasteiger partial charge in [0.2, 0.25) is 5.91 Å². The highest BCUT2D eigenvalue weighted by atomic mass is 16.5. The summed E-state index contributed by atoms with van der Waals surface area (Å²) < 4.78 is 11.5. The Balaban J connectivity index is 1.71. The number of benzene rings is 2. The molecule has 4 unspecified atom stereocenters. The minimum absolute atomic E-state index is 0.0284. The van der Waals surface area contributed by atoms with E-state index in [9.17, 15) is 4.79 Å². The van der Waals surface area contributed by atoms with Crippen molar-refractivity contribution in [3.8, 4) is 11.5 Å². The smallest absolute Gasteiger partial charge is 0.221 e. The first-order valence-electron chi connectivity index (χ1n) is 10.8. The fraction of sp³-hybridized carbons (Fsp3) is 0.458. The summed E-state index contributed by atoms with van der Waals surface area (Å²) in [5.74, 6) is 1.73. The van der Waals surface area contributed by atoms with E-state index in [2.05, 4.69) is 48.2 Å². The van der Waals surface area contributed by atoms with Crippen molar-refractivity contribution in [1.82, 2.24) is 16.2 Å². The van der Waals surface area contributed by atoms with E-state index in [-0.39, 0.29) is 30.0 Å². The Morgan fingerprint density at radius 2 is 1.73 bits per heavy atom. The van der Waals surface area contributed by atoms with Gasteiger partial charge in [-0.2, -0.15) is 0 Å². The van der Waals surface area contributed by atoms with Gasteiger partial charge < -0.3 is 14.8 Å². The van der Waals surface area contributed by atoms with E-state index in [1.54, 1.807) is 0 Å². The SMILES string of the molecule is CCOc1ccc(C2C(C)NNC2NC(=O)CC(C)c2ccccc2)cc1OCC. The number of rotatable bonds is 9. The van der Waals surface area contributed by atoms with Gasteiger partial charge in [-0.25, -0.2) is 5.43 Å². The Morgan fingerprint density at radius 1 is 1.03 bits per heavy atom. The molecule has 0 saturated carbocycles. The van der Waals surface area contributed by atoms with Crippen molar-refractivity contribution in [2.45, 2.75) is 58.2 Å². The molecule has 1 saturated heterocycles. The average Bonchev–Trinajstić information content (AvgIpc) is 3.10. The minimum atomic E-state index is -0.206. The Bertz CT molecular complexity index is 828. The second-order valence-corrected chi connectivity index (χ2v) is 7.74. The number of carbonyl (C=O) groups is 1. The molecule has 1 heterocycles. The lowest BCUT2D eigenvalue weighted by Crippen LogP contribution is -2.46. The molecule has 6 heteroatoms. The molecule has 3 rings (SSSR count). The van der Waals surface area contributed by atoms with Crippen LogP contribution in [-0.4, -0.2) is 31.3 Å². The van der Waals surface area contributed by atoms with Crippen molar-refractivity contribution in [2.75, 3.05) is 13.2 Å². The van der Waals surface area contributed by atoms with Crippen LogP contribution in [0.15, 0.2) is 48.5 Å². The van der Waals surface area contributed by atoms with E-state index in [1.165, 1.54) is 5.56 Å².